The van der Waals surface area contributed by atoms with Crippen LogP contribution >= 0.6 is 11.3 Å². The van der Waals surface area contributed by atoms with E-state index in [4.69, 9.17) is 0 Å². The van der Waals surface area contributed by atoms with Crippen molar-refractivity contribution in [2.24, 2.45) is 5.41 Å². The summed E-state index contributed by atoms with van der Waals surface area (Å²) in [5, 5.41) is 2.32. The van der Waals surface area contributed by atoms with Crippen molar-refractivity contribution in [3.05, 3.63) is 11.6 Å². The van der Waals surface area contributed by atoms with Crippen molar-refractivity contribution in [1.29, 1.82) is 0 Å². The molecule has 1 aromatic rings. The van der Waals surface area contributed by atoms with E-state index >= 15 is 0 Å². The molecule has 2 heterocycles. The van der Waals surface area contributed by atoms with Crippen LogP contribution in [0, 0.1) is 5.41 Å². The molecule has 2 aliphatic rings. The molecule has 0 bridgehead atoms. The summed E-state index contributed by atoms with van der Waals surface area (Å²) in [5.74, 6) is -0.133. The van der Waals surface area contributed by atoms with E-state index in [9.17, 15) is 9.59 Å². The standard InChI is InChI=1S/C13H16N2O2S/c16-10-8-13(4-2-1-3-5-13)9-11(17)15(10)12-14-6-7-18-12/h6-7H,1-5,8-9H2. The average molecular weight is 264 g/mol. The fraction of sp³-hybridized carbons (Fsp3) is 0.615. The predicted molar refractivity (Wildman–Crippen MR) is 69.4 cm³/mol. The highest BCUT2D eigenvalue weighted by Crippen LogP contribution is 2.46. The SMILES string of the molecule is O=C1CC2(CCCCC2)CC(=O)N1c1nccs1. The summed E-state index contributed by atoms with van der Waals surface area (Å²) in [6.07, 6.45) is 8.24. The van der Waals surface area contributed by atoms with Gasteiger partial charge in [0.05, 0.1) is 0 Å². The van der Waals surface area contributed by atoms with Crippen LogP contribution in [0.1, 0.15) is 44.9 Å². The Labute approximate surface area is 110 Å². The van der Waals surface area contributed by atoms with Crippen molar-refractivity contribution >= 4 is 28.3 Å². The van der Waals surface area contributed by atoms with Crippen molar-refractivity contribution in [1.82, 2.24) is 4.98 Å². The molecule has 18 heavy (non-hydrogen) atoms. The van der Waals surface area contributed by atoms with Crippen molar-refractivity contribution in [3.8, 4) is 0 Å². The van der Waals surface area contributed by atoms with Gasteiger partial charge in [0.15, 0.2) is 5.13 Å². The molecule has 1 spiro atoms. The fourth-order valence-electron chi connectivity index (χ4n) is 3.20. The number of carbonyl (C=O) groups is 2. The first-order valence-corrected chi connectivity index (χ1v) is 7.34. The number of piperidine rings is 1. The second-order valence-electron chi connectivity index (χ2n) is 5.35. The van der Waals surface area contributed by atoms with Gasteiger partial charge in [-0.2, -0.15) is 0 Å². The Morgan fingerprint density at radius 1 is 1.11 bits per heavy atom. The summed E-state index contributed by atoms with van der Waals surface area (Å²) in [6.45, 7) is 0. The zero-order valence-corrected chi connectivity index (χ0v) is 11.0. The smallest absolute Gasteiger partial charge is 0.236 e. The largest absolute Gasteiger partial charge is 0.274 e. The van der Waals surface area contributed by atoms with Crippen LogP contribution in [0.2, 0.25) is 0 Å². The number of carbonyl (C=O) groups excluding carboxylic acids is 2. The van der Waals surface area contributed by atoms with E-state index in [1.807, 2.05) is 0 Å². The van der Waals surface area contributed by atoms with Crippen LogP contribution in [0.25, 0.3) is 0 Å². The first kappa shape index (κ1) is 11.8. The molecule has 1 aliphatic heterocycles. The zero-order chi connectivity index (χ0) is 12.6. The summed E-state index contributed by atoms with van der Waals surface area (Å²) in [6, 6.07) is 0. The molecule has 4 nitrogen and oxygen atoms in total. The quantitative estimate of drug-likeness (QED) is 0.733. The molecule has 0 radical (unpaired) electrons. The number of hydrogen-bond acceptors (Lipinski definition) is 4. The molecule has 0 aromatic carbocycles. The Morgan fingerprint density at radius 2 is 1.78 bits per heavy atom. The number of nitrogens with zero attached hydrogens (tertiary/aromatic N) is 2. The highest BCUT2D eigenvalue weighted by atomic mass is 32.1. The van der Waals surface area contributed by atoms with Crippen molar-refractivity contribution in [2.45, 2.75) is 44.9 Å². The number of thiazole rings is 1. The highest BCUT2D eigenvalue weighted by Gasteiger charge is 2.45. The van der Waals surface area contributed by atoms with Gasteiger partial charge in [0.25, 0.3) is 0 Å². The van der Waals surface area contributed by atoms with Gasteiger partial charge in [0.2, 0.25) is 11.8 Å². The lowest BCUT2D eigenvalue weighted by Gasteiger charge is -2.41. The van der Waals surface area contributed by atoms with Crippen LogP contribution in [0.5, 0.6) is 0 Å². The van der Waals surface area contributed by atoms with Crippen molar-refractivity contribution in [3.63, 3.8) is 0 Å². The van der Waals surface area contributed by atoms with Gasteiger partial charge in [-0.25, -0.2) is 9.88 Å². The van der Waals surface area contributed by atoms with Gasteiger partial charge in [0.1, 0.15) is 0 Å². The summed E-state index contributed by atoms with van der Waals surface area (Å²) in [5.41, 5.74) is -0.0415. The predicted octanol–water partition coefficient (Wildman–Crippen LogP) is 2.75. The topological polar surface area (TPSA) is 50.3 Å². The van der Waals surface area contributed by atoms with E-state index < -0.39 is 0 Å². The van der Waals surface area contributed by atoms with Crippen LogP contribution < -0.4 is 4.90 Å². The molecule has 1 saturated carbocycles. The van der Waals surface area contributed by atoms with Crippen LogP contribution in [0.3, 0.4) is 0 Å². The minimum Gasteiger partial charge on any atom is -0.274 e. The fourth-order valence-corrected chi connectivity index (χ4v) is 3.87. The summed E-state index contributed by atoms with van der Waals surface area (Å²) in [7, 11) is 0. The summed E-state index contributed by atoms with van der Waals surface area (Å²) >= 11 is 1.35. The summed E-state index contributed by atoms with van der Waals surface area (Å²) in [4.78, 5) is 29.9. The number of amides is 2. The zero-order valence-electron chi connectivity index (χ0n) is 10.2. The second-order valence-corrected chi connectivity index (χ2v) is 6.22. The Bertz CT molecular complexity index is 443. The van der Waals surface area contributed by atoms with Crippen LogP contribution in [0.4, 0.5) is 5.13 Å². The molecule has 3 rings (SSSR count). The Hall–Kier alpha value is -1.23. The third kappa shape index (κ3) is 1.96. The summed E-state index contributed by atoms with van der Waals surface area (Å²) < 4.78 is 0. The van der Waals surface area contributed by atoms with Gasteiger partial charge < -0.3 is 0 Å². The second kappa shape index (κ2) is 4.46. The first-order chi connectivity index (χ1) is 8.70. The van der Waals surface area contributed by atoms with E-state index in [1.165, 1.54) is 22.7 Å². The lowest BCUT2D eigenvalue weighted by molar-refractivity contribution is -0.134. The molecule has 1 aromatic heterocycles. The molecular weight excluding hydrogens is 248 g/mol. The Morgan fingerprint density at radius 3 is 2.33 bits per heavy atom. The molecule has 0 atom stereocenters. The maximum atomic E-state index is 12.2. The van der Waals surface area contributed by atoms with Gasteiger partial charge in [0, 0.05) is 24.4 Å². The monoisotopic (exact) mass is 264 g/mol. The molecule has 5 heteroatoms. The minimum absolute atomic E-state index is 0.0415. The molecule has 1 saturated heterocycles. The van der Waals surface area contributed by atoms with E-state index in [2.05, 4.69) is 4.98 Å². The Kier molecular flexibility index (Phi) is 2.93. The van der Waals surface area contributed by atoms with Gasteiger partial charge in [-0.15, -0.1) is 11.3 Å². The number of anilines is 1. The van der Waals surface area contributed by atoms with E-state index in [0.29, 0.717) is 18.0 Å². The minimum atomic E-state index is -0.0666. The molecule has 96 valence electrons. The molecule has 1 aliphatic carbocycles. The maximum absolute atomic E-state index is 12.2. The third-order valence-corrected chi connectivity index (χ3v) is 4.83. The molecule has 2 amide bonds. The van der Waals surface area contributed by atoms with E-state index in [0.717, 1.165) is 25.7 Å². The number of aromatic nitrogens is 1. The van der Waals surface area contributed by atoms with E-state index in [-0.39, 0.29) is 17.2 Å². The average Bonchev–Trinajstić information content (AvgIpc) is 2.82. The molecule has 0 unspecified atom stereocenters. The number of hydrogen-bond donors (Lipinski definition) is 0. The first-order valence-electron chi connectivity index (χ1n) is 6.46. The van der Waals surface area contributed by atoms with Crippen LogP contribution in [-0.4, -0.2) is 16.8 Å². The lowest BCUT2D eigenvalue weighted by atomic mass is 9.68. The highest BCUT2D eigenvalue weighted by molar-refractivity contribution is 7.14. The third-order valence-electron chi connectivity index (χ3n) is 4.08. The lowest BCUT2D eigenvalue weighted by Crippen LogP contribution is -2.48. The molecule has 2 fully saturated rings. The normalized spacial score (nSPS) is 23.7. The van der Waals surface area contributed by atoms with Gasteiger partial charge >= 0.3 is 0 Å². The molecule has 0 N–H and O–H groups in total. The van der Waals surface area contributed by atoms with Gasteiger partial charge in [-0.1, -0.05) is 19.3 Å². The van der Waals surface area contributed by atoms with Gasteiger partial charge in [-0.05, 0) is 18.3 Å². The van der Waals surface area contributed by atoms with Crippen LogP contribution in [0.15, 0.2) is 11.6 Å². The van der Waals surface area contributed by atoms with Crippen molar-refractivity contribution < 1.29 is 9.59 Å². The maximum Gasteiger partial charge on any atom is 0.236 e. The van der Waals surface area contributed by atoms with Crippen LogP contribution in [-0.2, 0) is 9.59 Å². The number of imide groups is 1. The Balaban J connectivity index is 1.83. The van der Waals surface area contributed by atoms with E-state index in [1.54, 1.807) is 11.6 Å². The van der Waals surface area contributed by atoms with Gasteiger partial charge in [-0.3, -0.25) is 9.59 Å². The van der Waals surface area contributed by atoms with Crippen molar-refractivity contribution in [2.75, 3.05) is 4.90 Å². The number of rotatable bonds is 1. The molecular formula is C13H16N2O2S.